The van der Waals surface area contributed by atoms with Gasteiger partial charge in [-0.3, -0.25) is 9.59 Å². The van der Waals surface area contributed by atoms with Crippen LogP contribution in [0.1, 0.15) is 83.1 Å². The SMILES string of the molecule is CC(=O)C(=C(/C)O)/C(C(C)=O)=C(\C)O.CC(C)Oc1c[c-]c(-n2nc3ccccc3n2)c2ccccc12.CC(C)Oc1c[c-]c(-n2nc3ccccc3n2)c2ccccc12.CC(C)Oc1c[c-]c(-n2nc3ccccc3n2)c2ccccc12.CC(C)Oc1c[c-]c(-n2nc3ccccc3n2)c2ccccc12.[Ir].[Ir]. The van der Waals surface area contributed by atoms with Crippen molar-refractivity contribution in [2.24, 2.45) is 0 Å². The average Bonchev–Trinajstić information content (AvgIpc) is 1.63. The Kier molecular flexibility index (Phi) is 25.9. The van der Waals surface area contributed by atoms with Crippen molar-refractivity contribution in [2.45, 2.75) is 108 Å². The number of hydrogen-bond acceptors (Lipinski definition) is 16. The summed E-state index contributed by atoms with van der Waals surface area (Å²) in [6.07, 6.45) is 0.456. The summed E-state index contributed by atoms with van der Waals surface area (Å²) >= 11 is 0. The van der Waals surface area contributed by atoms with Gasteiger partial charge in [-0.25, -0.2) is 0 Å². The number of aliphatic hydroxyl groups is 2. The predicted octanol–water partition coefficient (Wildman–Crippen LogP) is 18.5. The number of carbonyl (C=O) groups excluding carboxylic acids is 2. The van der Waals surface area contributed by atoms with Crippen molar-refractivity contribution in [3.05, 3.63) is 265 Å². The van der Waals surface area contributed by atoms with E-state index in [9.17, 15) is 19.8 Å². The summed E-state index contributed by atoms with van der Waals surface area (Å²) in [7, 11) is 0. The van der Waals surface area contributed by atoms with Gasteiger partial charge in [-0.15, -0.1) is 48.5 Å². The minimum absolute atomic E-state index is 0. The fourth-order valence-electron chi connectivity index (χ4n) is 11.9. The summed E-state index contributed by atoms with van der Waals surface area (Å²) < 4.78 is 23.6. The van der Waals surface area contributed by atoms with Crippen molar-refractivity contribution in [3.63, 3.8) is 0 Å². The minimum atomic E-state index is -0.455. The average molecular weight is 1790 g/mol. The summed E-state index contributed by atoms with van der Waals surface area (Å²) in [5.74, 6) is 1.87. The van der Waals surface area contributed by atoms with Crippen LogP contribution in [0.15, 0.2) is 241 Å². The summed E-state index contributed by atoms with van der Waals surface area (Å²) in [5, 5.41) is 63.1. The van der Waals surface area contributed by atoms with Gasteiger partial charge in [0, 0.05) is 63.2 Å². The number of benzene rings is 12. The van der Waals surface area contributed by atoms with Gasteiger partial charge in [0.05, 0.1) is 35.6 Å². The molecule has 0 spiro atoms. The molecule has 0 aliphatic rings. The molecular formula is C86H78Ir2N12O8-4. The molecule has 0 saturated carbocycles. The first-order valence-electron chi connectivity index (χ1n) is 34.7. The molecule has 552 valence electrons. The number of rotatable bonds is 15. The molecule has 0 amide bonds. The van der Waals surface area contributed by atoms with E-state index in [-0.39, 0.29) is 87.3 Å². The molecule has 16 aromatic rings. The number of hydrogen-bond donors (Lipinski definition) is 2. The molecule has 20 nitrogen and oxygen atoms in total. The van der Waals surface area contributed by atoms with Gasteiger partial charge in [0.25, 0.3) is 0 Å². The van der Waals surface area contributed by atoms with Crippen LogP contribution < -0.4 is 18.9 Å². The van der Waals surface area contributed by atoms with Crippen LogP contribution in [0, 0.1) is 24.3 Å². The number of nitrogens with zero attached hydrogens (tertiary/aromatic N) is 12. The Balaban J connectivity index is 0.000000145. The normalized spacial score (nSPS) is 11.6. The summed E-state index contributed by atoms with van der Waals surface area (Å²) in [6.45, 7) is 21.2. The van der Waals surface area contributed by atoms with Gasteiger partial charge in [-0.2, -0.15) is 84.2 Å². The van der Waals surface area contributed by atoms with E-state index >= 15 is 0 Å². The Bertz CT molecular complexity index is 5110. The van der Waals surface area contributed by atoms with Crippen molar-refractivity contribution < 1.29 is 79.0 Å². The maximum absolute atomic E-state index is 11.1. The maximum Gasteiger partial charge on any atom is 0.164 e. The number of aliphatic hydroxyl groups excluding tert-OH is 2. The zero-order chi connectivity index (χ0) is 74.7. The third-order valence-corrected chi connectivity index (χ3v) is 16.2. The number of allylic oxidation sites excluding steroid dienone is 4. The van der Waals surface area contributed by atoms with Gasteiger partial charge >= 0.3 is 0 Å². The Morgan fingerprint density at radius 3 is 0.593 bits per heavy atom. The molecule has 2 radical (unpaired) electrons. The topological polar surface area (TPSA) is 234 Å². The fourth-order valence-corrected chi connectivity index (χ4v) is 11.9. The maximum atomic E-state index is 11.1. The molecule has 4 heterocycles. The van der Waals surface area contributed by atoms with Crippen LogP contribution in [-0.2, 0) is 49.8 Å². The van der Waals surface area contributed by atoms with Crippen molar-refractivity contribution in [1.82, 2.24) is 60.0 Å². The van der Waals surface area contributed by atoms with Gasteiger partial charge in [-0.05, 0) is 154 Å². The molecule has 0 atom stereocenters. The van der Waals surface area contributed by atoms with Crippen LogP contribution in [0.25, 0.3) is 110 Å². The zero-order valence-corrected chi connectivity index (χ0v) is 66.3. The second kappa shape index (κ2) is 35.5. The van der Waals surface area contributed by atoms with E-state index in [4.69, 9.17) is 18.9 Å². The minimum Gasteiger partial charge on any atom is -0.548 e. The van der Waals surface area contributed by atoms with E-state index in [0.717, 1.165) is 133 Å². The van der Waals surface area contributed by atoms with E-state index in [0.29, 0.717) is 0 Å². The number of carbonyl (C=O) groups is 2. The molecule has 12 aromatic carbocycles. The van der Waals surface area contributed by atoms with E-state index in [2.05, 4.69) is 65.1 Å². The zero-order valence-electron chi connectivity index (χ0n) is 61.5. The van der Waals surface area contributed by atoms with Crippen LogP contribution in [0.3, 0.4) is 0 Å². The first-order chi connectivity index (χ1) is 51.2. The second-order valence-corrected chi connectivity index (χ2v) is 25.8. The smallest absolute Gasteiger partial charge is 0.164 e. The van der Waals surface area contributed by atoms with Gasteiger partial charge < -0.3 is 29.2 Å². The van der Waals surface area contributed by atoms with Gasteiger partial charge in [0.2, 0.25) is 0 Å². The molecule has 0 aliphatic heterocycles. The predicted molar refractivity (Wildman–Crippen MR) is 416 cm³/mol. The van der Waals surface area contributed by atoms with E-state index in [1.807, 2.05) is 274 Å². The van der Waals surface area contributed by atoms with Crippen LogP contribution in [-0.4, -0.2) is 106 Å². The van der Waals surface area contributed by atoms with Crippen LogP contribution >= 0.6 is 0 Å². The molecule has 0 bridgehead atoms. The van der Waals surface area contributed by atoms with Crippen LogP contribution in [0.2, 0.25) is 0 Å². The Morgan fingerprint density at radius 1 is 0.287 bits per heavy atom. The number of ether oxygens (including phenoxy) is 4. The summed E-state index contributed by atoms with van der Waals surface area (Å²) in [4.78, 5) is 28.8. The van der Waals surface area contributed by atoms with Crippen molar-refractivity contribution in [3.8, 4) is 45.7 Å². The van der Waals surface area contributed by atoms with Crippen molar-refractivity contribution in [1.29, 1.82) is 0 Å². The molecule has 0 saturated heterocycles. The molecule has 108 heavy (non-hydrogen) atoms. The van der Waals surface area contributed by atoms with Crippen LogP contribution in [0.4, 0.5) is 0 Å². The molecule has 16 rings (SSSR count). The number of fused-ring (bicyclic) bond motifs is 8. The molecule has 0 unspecified atom stereocenters. The second-order valence-electron chi connectivity index (χ2n) is 25.8. The van der Waals surface area contributed by atoms with Gasteiger partial charge in [0.15, 0.2) is 11.6 Å². The summed E-state index contributed by atoms with van der Waals surface area (Å²) in [5.41, 5.74) is 10.00. The summed E-state index contributed by atoms with van der Waals surface area (Å²) in [6, 6.07) is 84.3. The van der Waals surface area contributed by atoms with Gasteiger partial charge in [-0.1, -0.05) is 164 Å². The van der Waals surface area contributed by atoms with Crippen LogP contribution in [0.5, 0.6) is 23.0 Å². The quantitative estimate of drug-likeness (QED) is 0.0420. The first kappa shape index (κ1) is 78.8. The molecule has 0 fully saturated rings. The van der Waals surface area contributed by atoms with Crippen molar-refractivity contribution in [2.75, 3.05) is 0 Å². The molecule has 22 heteroatoms. The molecular weight excluding hydrogens is 1710 g/mol. The Hall–Kier alpha value is -11.8. The standard InChI is InChI=1S/4C19H16N3O.C10H14O4.2Ir/c4*1-13(2)23-19-12-11-18(14-7-3-4-8-15(14)19)22-20-16-9-5-6-10-17(16)21-22;1-5(11)9(6(2)12)10(7(3)13)8(4)14;;/h4*3-10,12-13H,1-2H3;11,13H,1-4H3;;/q4*-1;;;/b;;;;9-5+,10-7+;;. The molecule has 0 aliphatic carbocycles. The van der Waals surface area contributed by atoms with E-state index in [1.165, 1.54) is 27.7 Å². The third-order valence-electron chi connectivity index (χ3n) is 16.2. The number of Topliss-reactive ketones (excluding diaryl/α,β-unsaturated/α-hetero) is 2. The van der Waals surface area contributed by atoms with Crippen molar-refractivity contribution >= 4 is 98.8 Å². The number of ketones is 2. The Morgan fingerprint density at radius 2 is 0.444 bits per heavy atom. The largest absolute Gasteiger partial charge is 0.548 e. The molecule has 4 aromatic heterocycles. The van der Waals surface area contributed by atoms with E-state index in [1.54, 1.807) is 19.2 Å². The molecule has 2 N–H and O–H groups in total. The third kappa shape index (κ3) is 18.2. The fraction of sp³-hybridized carbons (Fsp3) is 0.186. The Labute approximate surface area is 651 Å². The monoisotopic (exact) mass is 1790 g/mol. The number of aromatic nitrogens is 12. The first-order valence-corrected chi connectivity index (χ1v) is 34.7. The van der Waals surface area contributed by atoms with E-state index < -0.39 is 11.6 Å². The van der Waals surface area contributed by atoms with Gasteiger partial charge in [0.1, 0.15) is 55.7 Å².